The van der Waals surface area contributed by atoms with E-state index in [4.69, 9.17) is 5.73 Å². The van der Waals surface area contributed by atoms with E-state index >= 15 is 0 Å². The number of primary amides is 1. The van der Waals surface area contributed by atoms with Crippen molar-refractivity contribution >= 4 is 23.3 Å². The van der Waals surface area contributed by atoms with E-state index in [9.17, 15) is 9.59 Å². The molecule has 90 valence electrons. The fourth-order valence-electron chi connectivity index (χ4n) is 2.15. The Hall–Kier alpha value is -2.04. The molecular formula is C12H15N3O2. The SMILES string of the molecule is CC1(C)CC(=O)Nc2cc(NC(N)=O)ccc21. The first-order valence-electron chi connectivity index (χ1n) is 5.39. The van der Waals surface area contributed by atoms with Crippen molar-refractivity contribution in [2.75, 3.05) is 10.6 Å². The van der Waals surface area contributed by atoms with Crippen molar-refractivity contribution in [3.63, 3.8) is 0 Å². The van der Waals surface area contributed by atoms with Crippen LogP contribution in [0.3, 0.4) is 0 Å². The van der Waals surface area contributed by atoms with Crippen molar-refractivity contribution in [3.05, 3.63) is 23.8 Å². The third-order valence-corrected chi connectivity index (χ3v) is 2.89. The Labute approximate surface area is 99.4 Å². The third-order valence-electron chi connectivity index (χ3n) is 2.89. The number of carbonyl (C=O) groups excluding carboxylic acids is 2. The molecule has 1 aliphatic rings. The molecule has 4 N–H and O–H groups in total. The number of hydrogen-bond acceptors (Lipinski definition) is 2. The minimum Gasteiger partial charge on any atom is -0.351 e. The topological polar surface area (TPSA) is 84.2 Å². The molecule has 0 saturated heterocycles. The van der Waals surface area contributed by atoms with Crippen LogP contribution in [0, 0.1) is 0 Å². The second-order valence-electron chi connectivity index (χ2n) is 4.86. The number of anilines is 2. The van der Waals surface area contributed by atoms with Crippen LogP contribution in [0.2, 0.25) is 0 Å². The number of nitrogens with two attached hydrogens (primary N) is 1. The van der Waals surface area contributed by atoms with Crippen LogP contribution < -0.4 is 16.4 Å². The van der Waals surface area contributed by atoms with Gasteiger partial charge in [0, 0.05) is 23.2 Å². The van der Waals surface area contributed by atoms with E-state index in [1.165, 1.54) is 0 Å². The number of urea groups is 1. The minimum atomic E-state index is -0.619. The summed E-state index contributed by atoms with van der Waals surface area (Å²) in [5, 5.41) is 5.28. The molecule has 0 bridgehead atoms. The van der Waals surface area contributed by atoms with E-state index in [0.29, 0.717) is 12.1 Å². The molecule has 0 fully saturated rings. The maximum Gasteiger partial charge on any atom is 0.316 e. The monoisotopic (exact) mass is 233 g/mol. The fraction of sp³-hybridized carbons (Fsp3) is 0.333. The van der Waals surface area contributed by atoms with Gasteiger partial charge in [-0.15, -0.1) is 0 Å². The predicted octanol–water partition coefficient (Wildman–Crippen LogP) is 1.80. The van der Waals surface area contributed by atoms with Gasteiger partial charge in [0.2, 0.25) is 5.91 Å². The molecule has 0 atom stereocenters. The summed E-state index contributed by atoms with van der Waals surface area (Å²) in [5.41, 5.74) is 7.23. The van der Waals surface area contributed by atoms with Crippen LogP contribution in [0.25, 0.3) is 0 Å². The summed E-state index contributed by atoms with van der Waals surface area (Å²) in [6.07, 6.45) is 0.461. The lowest BCUT2D eigenvalue weighted by atomic mass is 9.78. The highest BCUT2D eigenvalue weighted by molar-refractivity contribution is 5.97. The maximum absolute atomic E-state index is 11.6. The average molecular weight is 233 g/mol. The van der Waals surface area contributed by atoms with Gasteiger partial charge in [0.1, 0.15) is 0 Å². The first-order valence-corrected chi connectivity index (χ1v) is 5.39. The highest BCUT2D eigenvalue weighted by Crippen LogP contribution is 2.38. The van der Waals surface area contributed by atoms with E-state index in [2.05, 4.69) is 10.6 Å². The number of carbonyl (C=O) groups is 2. The van der Waals surface area contributed by atoms with Gasteiger partial charge >= 0.3 is 6.03 Å². The number of benzene rings is 1. The average Bonchev–Trinajstić information content (AvgIpc) is 2.13. The van der Waals surface area contributed by atoms with E-state index < -0.39 is 6.03 Å². The normalized spacial score (nSPS) is 16.9. The number of amides is 3. The first kappa shape index (κ1) is 11.4. The number of fused-ring (bicyclic) bond motifs is 1. The van der Waals surface area contributed by atoms with Crippen LogP contribution in [0.5, 0.6) is 0 Å². The van der Waals surface area contributed by atoms with Crippen LogP contribution in [0.15, 0.2) is 18.2 Å². The van der Waals surface area contributed by atoms with Gasteiger partial charge in [0.25, 0.3) is 0 Å². The molecular weight excluding hydrogens is 218 g/mol. The van der Waals surface area contributed by atoms with Gasteiger partial charge < -0.3 is 16.4 Å². The summed E-state index contributed by atoms with van der Waals surface area (Å²) >= 11 is 0. The highest BCUT2D eigenvalue weighted by atomic mass is 16.2. The van der Waals surface area contributed by atoms with E-state index in [1.54, 1.807) is 12.1 Å². The van der Waals surface area contributed by atoms with Gasteiger partial charge in [-0.2, -0.15) is 0 Å². The molecule has 0 aliphatic carbocycles. The summed E-state index contributed by atoms with van der Waals surface area (Å²) in [6.45, 7) is 4.04. The lowest BCUT2D eigenvalue weighted by Gasteiger charge is -2.32. The summed E-state index contributed by atoms with van der Waals surface area (Å²) < 4.78 is 0. The molecule has 3 amide bonds. The molecule has 0 spiro atoms. The van der Waals surface area contributed by atoms with Crippen molar-refractivity contribution in [2.45, 2.75) is 25.7 Å². The van der Waals surface area contributed by atoms with E-state index in [1.807, 2.05) is 19.9 Å². The molecule has 17 heavy (non-hydrogen) atoms. The van der Waals surface area contributed by atoms with Gasteiger partial charge in [0.05, 0.1) is 0 Å². The minimum absolute atomic E-state index is 0.0151. The summed E-state index contributed by atoms with van der Waals surface area (Å²) in [6, 6.07) is 4.79. The Kier molecular flexibility index (Phi) is 2.53. The first-order chi connectivity index (χ1) is 7.88. The Morgan fingerprint density at radius 3 is 2.82 bits per heavy atom. The number of hydrogen-bond donors (Lipinski definition) is 3. The number of nitrogens with one attached hydrogen (secondary N) is 2. The second-order valence-corrected chi connectivity index (χ2v) is 4.86. The van der Waals surface area contributed by atoms with Gasteiger partial charge in [-0.1, -0.05) is 19.9 Å². The molecule has 1 aromatic rings. The van der Waals surface area contributed by atoms with Crippen molar-refractivity contribution in [1.29, 1.82) is 0 Å². The molecule has 0 radical (unpaired) electrons. The Bertz CT molecular complexity index is 495. The number of rotatable bonds is 1. The van der Waals surface area contributed by atoms with E-state index in [0.717, 1.165) is 11.3 Å². The third kappa shape index (κ3) is 2.22. The summed E-state index contributed by atoms with van der Waals surface area (Å²) in [7, 11) is 0. The van der Waals surface area contributed by atoms with Crippen molar-refractivity contribution in [3.8, 4) is 0 Å². The molecule has 5 heteroatoms. The Morgan fingerprint density at radius 1 is 1.47 bits per heavy atom. The van der Waals surface area contributed by atoms with Gasteiger partial charge in [-0.05, 0) is 17.7 Å². The molecule has 0 aromatic heterocycles. The lowest BCUT2D eigenvalue weighted by Crippen LogP contribution is -2.32. The molecule has 1 heterocycles. The van der Waals surface area contributed by atoms with Crippen LogP contribution in [-0.4, -0.2) is 11.9 Å². The van der Waals surface area contributed by atoms with Crippen molar-refractivity contribution in [1.82, 2.24) is 0 Å². The fourth-order valence-corrected chi connectivity index (χ4v) is 2.15. The Balaban J connectivity index is 2.42. The van der Waals surface area contributed by atoms with Crippen molar-refractivity contribution < 1.29 is 9.59 Å². The van der Waals surface area contributed by atoms with Crippen molar-refractivity contribution in [2.24, 2.45) is 5.73 Å². The van der Waals surface area contributed by atoms with Crippen LogP contribution in [0.1, 0.15) is 25.8 Å². The Morgan fingerprint density at radius 2 is 2.18 bits per heavy atom. The molecule has 0 saturated carbocycles. The molecule has 2 rings (SSSR count). The largest absolute Gasteiger partial charge is 0.351 e. The van der Waals surface area contributed by atoms with Gasteiger partial charge in [-0.3, -0.25) is 4.79 Å². The predicted molar refractivity (Wildman–Crippen MR) is 65.9 cm³/mol. The summed E-state index contributed by atoms with van der Waals surface area (Å²) in [4.78, 5) is 22.3. The van der Waals surface area contributed by atoms with Gasteiger partial charge in [0.15, 0.2) is 0 Å². The molecule has 5 nitrogen and oxygen atoms in total. The molecule has 0 unspecified atom stereocenters. The van der Waals surface area contributed by atoms with E-state index in [-0.39, 0.29) is 11.3 Å². The lowest BCUT2D eigenvalue weighted by molar-refractivity contribution is -0.117. The van der Waals surface area contributed by atoms with Gasteiger partial charge in [-0.25, -0.2) is 4.79 Å². The highest BCUT2D eigenvalue weighted by Gasteiger charge is 2.31. The molecule has 1 aromatic carbocycles. The zero-order valence-electron chi connectivity index (χ0n) is 9.83. The van der Waals surface area contributed by atoms with Crippen LogP contribution in [-0.2, 0) is 10.2 Å². The zero-order chi connectivity index (χ0) is 12.6. The molecule has 1 aliphatic heterocycles. The van der Waals surface area contributed by atoms with Crippen LogP contribution in [0.4, 0.5) is 16.2 Å². The maximum atomic E-state index is 11.6. The quantitative estimate of drug-likeness (QED) is 0.691. The smallest absolute Gasteiger partial charge is 0.316 e. The standard InChI is InChI=1S/C12H15N3O2/c1-12(2)6-10(16)15-9-5-7(14-11(13)17)3-4-8(9)12/h3-5H,6H2,1-2H3,(H,15,16)(H3,13,14,17). The van der Waals surface area contributed by atoms with Crippen LogP contribution >= 0.6 is 0 Å². The zero-order valence-corrected chi connectivity index (χ0v) is 9.83. The summed E-state index contributed by atoms with van der Waals surface area (Å²) in [5.74, 6) is -0.0151. The second kappa shape index (κ2) is 3.76.